The maximum Gasteiger partial charge on any atom is 0.305 e. The van der Waals surface area contributed by atoms with Crippen molar-refractivity contribution in [3.8, 4) is 0 Å². The summed E-state index contributed by atoms with van der Waals surface area (Å²) in [6, 6.07) is -0.0137. The summed E-state index contributed by atoms with van der Waals surface area (Å²) in [6.45, 7) is 0. The van der Waals surface area contributed by atoms with Crippen LogP contribution in [-0.2, 0) is 16.0 Å². The average Bonchev–Trinajstić information content (AvgIpc) is 2.66. The van der Waals surface area contributed by atoms with Crippen LogP contribution in [0.4, 0.5) is 0 Å². The molecule has 1 rings (SSSR count). The van der Waals surface area contributed by atoms with Crippen molar-refractivity contribution in [3.63, 3.8) is 0 Å². The van der Waals surface area contributed by atoms with Gasteiger partial charge in [0.1, 0.15) is 0 Å². The SMILES string of the molecule is COC(=O)CCC(N)Cc1nccs1. The molecule has 78 valence electrons. The van der Waals surface area contributed by atoms with Gasteiger partial charge < -0.3 is 10.5 Å². The molecule has 2 N–H and O–H groups in total. The molecular weight excluding hydrogens is 200 g/mol. The fourth-order valence-corrected chi connectivity index (χ4v) is 1.80. The van der Waals surface area contributed by atoms with E-state index in [1.54, 1.807) is 17.5 Å². The minimum atomic E-state index is -0.209. The number of carbonyl (C=O) groups is 1. The van der Waals surface area contributed by atoms with Crippen molar-refractivity contribution < 1.29 is 9.53 Å². The molecule has 0 aromatic carbocycles. The number of hydrogen-bond donors (Lipinski definition) is 1. The van der Waals surface area contributed by atoms with Crippen LogP contribution >= 0.6 is 11.3 Å². The summed E-state index contributed by atoms with van der Waals surface area (Å²) in [5, 5.41) is 2.94. The number of rotatable bonds is 5. The van der Waals surface area contributed by atoms with Crippen LogP contribution in [0.15, 0.2) is 11.6 Å². The van der Waals surface area contributed by atoms with E-state index in [2.05, 4.69) is 9.72 Å². The van der Waals surface area contributed by atoms with Crippen molar-refractivity contribution in [2.45, 2.75) is 25.3 Å². The van der Waals surface area contributed by atoms with E-state index in [4.69, 9.17) is 5.73 Å². The van der Waals surface area contributed by atoms with Gasteiger partial charge in [-0.15, -0.1) is 11.3 Å². The Hall–Kier alpha value is -0.940. The lowest BCUT2D eigenvalue weighted by molar-refractivity contribution is -0.140. The van der Waals surface area contributed by atoms with E-state index < -0.39 is 0 Å². The van der Waals surface area contributed by atoms with Crippen molar-refractivity contribution in [2.75, 3.05) is 7.11 Å². The smallest absolute Gasteiger partial charge is 0.305 e. The molecule has 0 saturated heterocycles. The molecule has 1 heterocycles. The fraction of sp³-hybridized carbons (Fsp3) is 0.556. The van der Waals surface area contributed by atoms with E-state index >= 15 is 0 Å². The maximum absolute atomic E-state index is 10.8. The number of hydrogen-bond acceptors (Lipinski definition) is 5. The van der Waals surface area contributed by atoms with Crippen LogP contribution in [0.2, 0.25) is 0 Å². The van der Waals surface area contributed by atoms with E-state index in [1.807, 2.05) is 5.38 Å². The lowest BCUT2D eigenvalue weighted by Crippen LogP contribution is -2.23. The molecule has 0 aliphatic carbocycles. The minimum absolute atomic E-state index is 0.0137. The van der Waals surface area contributed by atoms with Gasteiger partial charge in [-0.1, -0.05) is 0 Å². The van der Waals surface area contributed by atoms with Crippen LogP contribution in [0, 0.1) is 0 Å². The molecule has 0 radical (unpaired) electrons. The standard InChI is InChI=1S/C9H14N2O2S/c1-13-9(12)3-2-7(10)6-8-11-4-5-14-8/h4-5,7H,2-3,6,10H2,1H3. The van der Waals surface area contributed by atoms with Crippen molar-refractivity contribution >= 4 is 17.3 Å². The normalized spacial score (nSPS) is 12.4. The molecule has 0 amide bonds. The second kappa shape index (κ2) is 5.72. The monoisotopic (exact) mass is 214 g/mol. The number of aromatic nitrogens is 1. The average molecular weight is 214 g/mol. The quantitative estimate of drug-likeness (QED) is 0.742. The number of nitrogens with zero attached hydrogens (tertiary/aromatic N) is 1. The summed E-state index contributed by atoms with van der Waals surface area (Å²) in [4.78, 5) is 15.0. The van der Waals surface area contributed by atoms with Gasteiger partial charge in [0.25, 0.3) is 0 Å². The van der Waals surface area contributed by atoms with E-state index in [0.717, 1.165) is 11.4 Å². The van der Waals surface area contributed by atoms with Gasteiger partial charge in [-0.3, -0.25) is 4.79 Å². The first kappa shape index (κ1) is 11.1. The molecule has 0 spiro atoms. The van der Waals surface area contributed by atoms with Crippen LogP contribution < -0.4 is 5.73 Å². The first-order chi connectivity index (χ1) is 6.72. The second-order valence-corrected chi connectivity index (χ2v) is 3.98. The second-order valence-electron chi connectivity index (χ2n) is 3.00. The number of thiazole rings is 1. The Labute approximate surface area is 87.1 Å². The van der Waals surface area contributed by atoms with Crippen molar-refractivity contribution in [3.05, 3.63) is 16.6 Å². The minimum Gasteiger partial charge on any atom is -0.469 e. The molecule has 0 bridgehead atoms. The molecule has 1 aromatic rings. The van der Waals surface area contributed by atoms with Crippen molar-refractivity contribution in [2.24, 2.45) is 5.73 Å². The Morgan fingerprint density at radius 1 is 1.79 bits per heavy atom. The number of esters is 1. The lowest BCUT2D eigenvalue weighted by atomic mass is 10.1. The van der Waals surface area contributed by atoms with Gasteiger partial charge in [0.2, 0.25) is 0 Å². The van der Waals surface area contributed by atoms with Crippen molar-refractivity contribution in [1.82, 2.24) is 4.98 Å². The predicted molar refractivity (Wildman–Crippen MR) is 55.0 cm³/mol. The third-order valence-electron chi connectivity index (χ3n) is 1.87. The molecule has 0 saturated carbocycles. The number of carbonyl (C=O) groups excluding carboxylic acids is 1. The Morgan fingerprint density at radius 2 is 2.57 bits per heavy atom. The highest BCUT2D eigenvalue weighted by Gasteiger charge is 2.08. The highest BCUT2D eigenvalue weighted by molar-refractivity contribution is 7.09. The third-order valence-corrected chi connectivity index (χ3v) is 2.67. The van der Waals surface area contributed by atoms with E-state index in [9.17, 15) is 4.79 Å². The van der Waals surface area contributed by atoms with Crippen LogP contribution in [0.3, 0.4) is 0 Å². The van der Waals surface area contributed by atoms with Crippen LogP contribution in [0.25, 0.3) is 0 Å². The van der Waals surface area contributed by atoms with Crippen LogP contribution in [0.5, 0.6) is 0 Å². The summed E-state index contributed by atoms with van der Waals surface area (Å²) in [5.41, 5.74) is 5.83. The Morgan fingerprint density at radius 3 is 3.14 bits per heavy atom. The molecule has 0 aliphatic rings. The number of nitrogens with two attached hydrogens (primary N) is 1. The summed E-state index contributed by atoms with van der Waals surface area (Å²) in [7, 11) is 1.38. The lowest BCUT2D eigenvalue weighted by Gasteiger charge is -2.07. The first-order valence-corrected chi connectivity index (χ1v) is 5.31. The van der Waals surface area contributed by atoms with Crippen LogP contribution in [0.1, 0.15) is 17.8 Å². The van der Waals surface area contributed by atoms with Gasteiger partial charge in [0.15, 0.2) is 0 Å². The highest BCUT2D eigenvalue weighted by atomic mass is 32.1. The number of methoxy groups -OCH3 is 1. The first-order valence-electron chi connectivity index (χ1n) is 4.43. The van der Waals surface area contributed by atoms with Gasteiger partial charge in [0, 0.05) is 30.5 Å². The van der Waals surface area contributed by atoms with E-state index in [0.29, 0.717) is 12.8 Å². The topological polar surface area (TPSA) is 65.2 Å². The molecule has 0 aliphatic heterocycles. The molecule has 4 nitrogen and oxygen atoms in total. The van der Waals surface area contributed by atoms with Gasteiger partial charge >= 0.3 is 5.97 Å². The van der Waals surface area contributed by atoms with Gasteiger partial charge in [-0.2, -0.15) is 0 Å². The molecule has 14 heavy (non-hydrogen) atoms. The maximum atomic E-state index is 10.8. The summed E-state index contributed by atoms with van der Waals surface area (Å²) >= 11 is 1.58. The molecular formula is C9H14N2O2S. The predicted octanol–water partition coefficient (Wildman–Crippen LogP) is 0.966. The molecule has 0 fully saturated rings. The zero-order valence-electron chi connectivity index (χ0n) is 8.10. The highest BCUT2D eigenvalue weighted by Crippen LogP contribution is 2.09. The van der Waals surface area contributed by atoms with E-state index in [1.165, 1.54) is 7.11 Å². The fourth-order valence-electron chi connectivity index (χ4n) is 1.09. The molecule has 1 aromatic heterocycles. The Bertz CT molecular complexity index is 274. The summed E-state index contributed by atoms with van der Waals surface area (Å²) in [5.74, 6) is -0.209. The van der Waals surface area contributed by atoms with Crippen LogP contribution in [-0.4, -0.2) is 24.1 Å². The summed E-state index contributed by atoms with van der Waals surface area (Å²) < 4.78 is 4.53. The van der Waals surface area contributed by atoms with E-state index in [-0.39, 0.29) is 12.0 Å². The van der Waals surface area contributed by atoms with Gasteiger partial charge in [-0.25, -0.2) is 4.98 Å². The van der Waals surface area contributed by atoms with Gasteiger partial charge in [0.05, 0.1) is 12.1 Å². The van der Waals surface area contributed by atoms with Crippen molar-refractivity contribution in [1.29, 1.82) is 0 Å². The van der Waals surface area contributed by atoms with Gasteiger partial charge in [-0.05, 0) is 6.42 Å². The Kier molecular flexibility index (Phi) is 4.55. The molecule has 1 atom stereocenters. The third kappa shape index (κ3) is 3.85. The molecule has 1 unspecified atom stereocenters. The number of ether oxygens (including phenoxy) is 1. The zero-order valence-corrected chi connectivity index (χ0v) is 8.92. The summed E-state index contributed by atoms with van der Waals surface area (Å²) in [6.07, 6.45) is 3.51. The molecule has 5 heteroatoms. The largest absolute Gasteiger partial charge is 0.469 e. The zero-order chi connectivity index (χ0) is 10.4. The Balaban J connectivity index is 2.22.